The molecule has 4 N–H and O–H groups in total. The van der Waals surface area contributed by atoms with Crippen LogP contribution in [0, 0.1) is 22.7 Å². The second-order valence-electron chi connectivity index (χ2n) is 3.42. The molecule has 0 aliphatic rings. The van der Waals surface area contributed by atoms with E-state index in [2.05, 4.69) is 5.32 Å². The molecule has 1 aromatic carbocycles. The summed E-state index contributed by atoms with van der Waals surface area (Å²) in [6, 6.07) is 7.42. The minimum Gasteiger partial charge on any atom is -0.360 e. The highest BCUT2D eigenvalue weighted by Crippen LogP contribution is 2.14. The maximum Gasteiger partial charge on any atom is 0.326 e. The second kappa shape index (κ2) is 6.22. The van der Waals surface area contributed by atoms with Crippen molar-refractivity contribution in [2.24, 2.45) is 5.73 Å². The van der Waals surface area contributed by atoms with Gasteiger partial charge in [0.05, 0.1) is 4.90 Å². The van der Waals surface area contributed by atoms with E-state index in [4.69, 9.17) is 16.3 Å². The lowest BCUT2D eigenvalue weighted by Crippen LogP contribution is -2.34. The number of primary amides is 1. The van der Waals surface area contributed by atoms with E-state index >= 15 is 0 Å². The number of urea groups is 1. The topological polar surface area (TPSA) is 149 Å². The fourth-order valence-corrected chi connectivity index (χ4v) is 2.04. The molecule has 0 saturated heterocycles. The Kier molecular flexibility index (Phi) is 4.67. The van der Waals surface area contributed by atoms with Gasteiger partial charge in [0, 0.05) is 11.9 Å². The summed E-state index contributed by atoms with van der Waals surface area (Å²) >= 11 is 0. The lowest BCUT2D eigenvalue weighted by Gasteiger charge is -2.05. The van der Waals surface area contributed by atoms with Crippen LogP contribution in [0.15, 0.2) is 40.9 Å². The molecule has 9 heteroatoms. The molecule has 2 amide bonds. The Morgan fingerprint density at radius 3 is 2.20 bits per heavy atom. The van der Waals surface area contributed by atoms with E-state index in [-0.39, 0.29) is 10.5 Å². The van der Waals surface area contributed by atoms with Gasteiger partial charge in [-0.25, -0.2) is 17.9 Å². The number of nitrogens with one attached hydrogen (secondary N) is 2. The number of hydrogen-bond acceptors (Lipinski definition) is 6. The van der Waals surface area contributed by atoms with Gasteiger partial charge in [-0.2, -0.15) is 10.5 Å². The molecule has 0 aromatic heterocycles. The maximum absolute atomic E-state index is 11.6. The predicted octanol–water partition coefficient (Wildman–Crippen LogP) is 0.387. The summed E-state index contributed by atoms with van der Waals surface area (Å²) in [6.45, 7) is 0. The number of benzene rings is 1. The number of rotatable bonds is 4. The number of nitriles is 2. The lowest BCUT2D eigenvalue weighted by molar-refractivity contribution is 0.253. The summed E-state index contributed by atoms with van der Waals surface area (Å²) in [5.74, 6) is 0. The van der Waals surface area contributed by atoms with Crippen molar-refractivity contribution < 1.29 is 13.2 Å². The standard InChI is InChI=1S/C11H9N5O3S/c12-5-8(6-13)7-15-9-1-3-10(4-2-9)20(18,19)16-11(14)17/h1-4,7,15H,(H3,14,16,17). The third-order valence-electron chi connectivity index (χ3n) is 2.02. The van der Waals surface area contributed by atoms with Crippen molar-refractivity contribution >= 4 is 21.7 Å². The average molecular weight is 291 g/mol. The smallest absolute Gasteiger partial charge is 0.326 e. The van der Waals surface area contributed by atoms with Gasteiger partial charge < -0.3 is 11.1 Å². The summed E-state index contributed by atoms with van der Waals surface area (Å²) in [4.78, 5) is 10.4. The Balaban J connectivity index is 2.91. The van der Waals surface area contributed by atoms with Crippen molar-refractivity contribution in [1.29, 1.82) is 10.5 Å². The summed E-state index contributed by atoms with van der Waals surface area (Å²) < 4.78 is 24.8. The van der Waals surface area contributed by atoms with Gasteiger partial charge in [0.15, 0.2) is 0 Å². The molecule has 20 heavy (non-hydrogen) atoms. The minimum atomic E-state index is -3.99. The predicted molar refractivity (Wildman–Crippen MR) is 69.3 cm³/mol. The fraction of sp³-hybridized carbons (Fsp3) is 0. The molecule has 0 radical (unpaired) electrons. The first-order chi connectivity index (χ1) is 9.39. The highest BCUT2D eigenvalue weighted by Gasteiger charge is 2.15. The number of sulfonamides is 1. The Bertz CT molecular complexity index is 707. The molecule has 0 saturated carbocycles. The van der Waals surface area contributed by atoms with Crippen LogP contribution in [0.4, 0.5) is 10.5 Å². The number of nitrogens with two attached hydrogens (primary N) is 1. The molecule has 0 aliphatic heterocycles. The quantitative estimate of drug-likeness (QED) is 0.683. The van der Waals surface area contributed by atoms with Gasteiger partial charge in [-0.1, -0.05) is 0 Å². The van der Waals surface area contributed by atoms with Crippen LogP contribution in [0.5, 0.6) is 0 Å². The van der Waals surface area contributed by atoms with Crippen LogP contribution >= 0.6 is 0 Å². The Hall–Kier alpha value is -3.04. The number of hydrogen-bond donors (Lipinski definition) is 3. The van der Waals surface area contributed by atoms with Gasteiger partial charge in [0.25, 0.3) is 10.0 Å². The summed E-state index contributed by atoms with van der Waals surface area (Å²) in [7, 11) is -3.99. The van der Waals surface area contributed by atoms with Crippen molar-refractivity contribution in [3.63, 3.8) is 0 Å². The zero-order chi connectivity index (χ0) is 15.2. The zero-order valence-corrected chi connectivity index (χ0v) is 10.8. The molecule has 0 spiro atoms. The van der Waals surface area contributed by atoms with E-state index in [1.165, 1.54) is 30.5 Å². The Morgan fingerprint density at radius 1 is 1.20 bits per heavy atom. The first-order valence-electron chi connectivity index (χ1n) is 5.08. The Labute approximate surface area is 115 Å². The van der Waals surface area contributed by atoms with Crippen molar-refractivity contribution in [3.05, 3.63) is 36.0 Å². The molecule has 0 heterocycles. The molecule has 0 fully saturated rings. The highest BCUT2D eigenvalue weighted by molar-refractivity contribution is 7.90. The number of anilines is 1. The normalized spacial score (nSPS) is 9.70. The largest absolute Gasteiger partial charge is 0.360 e. The second-order valence-corrected chi connectivity index (χ2v) is 5.10. The van der Waals surface area contributed by atoms with Gasteiger partial charge in [0.2, 0.25) is 0 Å². The van der Waals surface area contributed by atoms with Crippen LogP contribution in [-0.4, -0.2) is 14.4 Å². The zero-order valence-electron chi connectivity index (χ0n) is 9.99. The highest BCUT2D eigenvalue weighted by atomic mass is 32.2. The third kappa shape index (κ3) is 4.01. The molecule has 1 aromatic rings. The molecule has 1 rings (SSSR count). The van der Waals surface area contributed by atoms with E-state index in [0.717, 1.165) is 0 Å². The van der Waals surface area contributed by atoms with E-state index in [9.17, 15) is 13.2 Å². The molecule has 0 bridgehead atoms. The van der Waals surface area contributed by atoms with E-state index < -0.39 is 16.1 Å². The minimum absolute atomic E-state index is 0.128. The van der Waals surface area contributed by atoms with Crippen molar-refractivity contribution in [1.82, 2.24) is 4.72 Å². The molecule has 0 aliphatic carbocycles. The number of carbonyl (C=O) groups is 1. The van der Waals surface area contributed by atoms with Gasteiger partial charge in [-0.05, 0) is 24.3 Å². The monoisotopic (exact) mass is 291 g/mol. The molecular weight excluding hydrogens is 282 g/mol. The van der Waals surface area contributed by atoms with Gasteiger partial charge in [-0.3, -0.25) is 0 Å². The SMILES string of the molecule is N#CC(C#N)=CNc1ccc(S(=O)(=O)NC(N)=O)cc1. The molecule has 0 atom stereocenters. The molecular formula is C11H9N5O3S. The van der Waals surface area contributed by atoms with E-state index in [1.54, 1.807) is 16.9 Å². The van der Waals surface area contributed by atoms with Crippen LogP contribution in [0.1, 0.15) is 0 Å². The number of nitrogens with zero attached hydrogens (tertiary/aromatic N) is 2. The molecule has 0 unspecified atom stereocenters. The van der Waals surface area contributed by atoms with Crippen molar-refractivity contribution in [3.8, 4) is 12.1 Å². The van der Waals surface area contributed by atoms with Crippen molar-refractivity contribution in [2.75, 3.05) is 5.32 Å². The summed E-state index contributed by atoms with van der Waals surface area (Å²) in [5, 5.41) is 19.7. The van der Waals surface area contributed by atoms with Gasteiger partial charge in [-0.15, -0.1) is 0 Å². The van der Waals surface area contributed by atoms with Gasteiger partial charge in [0.1, 0.15) is 17.7 Å². The van der Waals surface area contributed by atoms with Gasteiger partial charge >= 0.3 is 6.03 Å². The first-order valence-corrected chi connectivity index (χ1v) is 6.56. The number of allylic oxidation sites excluding steroid dienone is 1. The average Bonchev–Trinajstić information content (AvgIpc) is 2.39. The summed E-state index contributed by atoms with van der Waals surface area (Å²) in [6.07, 6.45) is 1.19. The lowest BCUT2D eigenvalue weighted by atomic mass is 10.3. The van der Waals surface area contributed by atoms with E-state index in [0.29, 0.717) is 5.69 Å². The Morgan fingerprint density at radius 2 is 1.75 bits per heavy atom. The van der Waals surface area contributed by atoms with E-state index in [1.807, 2.05) is 0 Å². The molecule has 8 nitrogen and oxygen atoms in total. The third-order valence-corrected chi connectivity index (χ3v) is 3.39. The van der Waals surface area contributed by atoms with Crippen LogP contribution in [0.2, 0.25) is 0 Å². The van der Waals surface area contributed by atoms with Crippen molar-refractivity contribution in [2.45, 2.75) is 4.90 Å². The fourth-order valence-electron chi connectivity index (χ4n) is 1.17. The number of carbonyl (C=O) groups excluding carboxylic acids is 1. The van der Waals surface area contributed by atoms with Crippen LogP contribution in [0.25, 0.3) is 0 Å². The number of amides is 2. The summed E-state index contributed by atoms with van der Waals surface area (Å²) in [5.41, 5.74) is 5.08. The molecule has 102 valence electrons. The first kappa shape index (κ1) is 15.0. The van der Waals surface area contributed by atoms with Crippen LogP contribution in [-0.2, 0) is 10.0 Å². The van der Waals surface area contributed by atoms with Crippen LogP contribution < -0.4 is 15.8 Å². The van der Waals surface area contributed by atoms with Crippen LogP contribution in [0.3, 0.4) is 0 Å². The maximum atomic E-state index is 11.6.